The number of ether oxygens (including phenoxy) is 1. The van der Waals surface area contributed by atoms with Crippen LogP contribution in [0, 0.1) is 0 Å². The summed E-state index contributed by atoms with van der Waals surface area (Å²) in [6.07, 6.45) is -3.63. The van der Waals surface area contributed by atoms with Gasteiger partial charge in [0, 0.05) is 6.20 Å². The van der Waals surface area contributed by atoms with Crippen LogP contribution >= 0.6 is 0 Å². The number of alkyl halides is 3. The third kappa shape index (κ3) is 2.67. The third-order valence-electron chi connectivity index (χ3n) is 2.96. The Kier molecular flexibility index (Phi) is 3.94. The average molecular weight is 313 g/mol. The molecule has 0 amide bonds. The van der Waals surface area contributed by atoms with E-state index in [1.807, 2.05) is 0 Å². The molecule has 1 heterocycles. The van der Waals surface area contributed by atoms with Crippen LogP contribution in [0.3, 0.4) is 0 Å². The van der Waals surface area contributed by atoms with Crippen molar-refractivity contribution < 1.29 is 32.6 Å². The summed E-state index contributed by atoms with van der Waals surface area (Å²) in [5.41, 5.74) is -2.49. The van der Waals surface area contributed by atoms with E-state index in [9.17, 15) is 22.8 Å². The van der Waals surface area contributed by atoms with Crippen molar-refractivity contribution in [1.29, 1.82) is 0 Å². The Balaban J connectivity index is 2.84. The van der Waals surface area contributed by atoms with Crippen molar-refractivity contribution in [3.63, 3.8) is 0 Å². The number of rotatable bonds is 3. The SMILES string of the molecule is COC(=O)c1cccc(C(F)(F)F)c1-n1cccc1C(=O)O. The van der Waals surface area contributed by atoms with Gasteiger partial charge in [0.05, 0.1) is 23.9 Å². The van der Waals surface area contributed by atoms with Crippen molar-refractivity contribution in [2.75, 3.05) is 7.11 Å². The summed E-state index contributed by atoms with van der Waals surface area (Å²) in [4.78, 5) is 22.9. The van der Waals surface area contributed by atoms with Crippen LogP contribution < -0.4 is 0 Å². The molecule has 0 saturated carbocycles. The zero-order valence-corrected chi connectivity index (χ0v) is 11.2. The lowest BCUT2D eigenvalue weighted by Crippen LogP contribution is -2.18. The molecule has 0 atom stereocenters. The first kappa shape index (κ1) is 15.6. The molecule has 8 heteroatoms. The lowest BCUT2D eigenvalue weighted by atomic mass is 10.1. The van der Waals surface area contributed by atoms with Gasteiger partial charge in [-0.3, -0.25) is 0 Å². The van der Waals surface area contributed by atoms with Gasteiger partial charge in [-0.05, 0) is 24.3 Å². The number of aromatic carboxylic acids is 1. The lowest BCUT2D eigenvalue weighted by molar-refractivity contribution is -0.137. The predicted molar refractivity (Wildman–Crippen MR) is 69.1 cm³/mol. The first-order valence-electron chi connectivity index (χ1n) is 5.97. The minimum Gasteiger partial charge on any atom is -0.477 e. The van der Waals surface area contributed by atoms with Crippen molar-refractivity contribution in [1.82, 2.24) is 4.57 Å². The molecule has 5 nitrogen and oxygen atoms in total. The number of carbonyl (C=O) groups is 2. The number of aromatic nitrogens is 1. The van der Waals surface area contributed by atoms with Crippen LogP contribution in [0.2, 0.25) is 0 Å². The zero-order chi connectivity index (χ0) is 16.5. The Bertz CT molecular complexity index is 734. The Morgan fingerprint density at radius 1 is 1.18 bits per heavy atom. The van der Waals surface area contributed by atoms with Crippen LogP contribution in [0.15, 0.2) is 36.5 Å². The molecule has 2 aromatic rings. The van der Waals surface area contributed by atoms with Gasteiger partial charge in [-0.1, -0.05) is 6.07 Å². The van der Waals surface area contributed by atoms with Gasteiger partial charge in [0.25, 0.3) is 0 Å². The number of esters is 1. The molecule has 1 N–H and O–H groups in total. The fourth-order valence-corrected chi connectivity index (χ4v) is 2.06. The van der Waals surface area contributed by atoms with E-state index in [0.29, 0.717) is 0 Å². The highest BCUT2D eigenvalue weighted by molar-refractivity contribution is 5.95. The average Bonchev–Trinajstić information content (AvgIpc) is 2.94. The molecule has 0 radical (unpaired) electrons. The largest absolute Gasteiger partial charge is 0.477 e. The molecule has 0 spiro atoms. The van der Waals surface area contributed by atoms with E-state index < -0.39 is 35.1 Å². The Morgan fingerprint density at radius 2 is 1.86 bits per heavy atom. The first-order chi connectivity index (χ1) is 10.3. The second-order valence-corrected chi connectivity index (χ2v) is 4.26. The van der Waals surface area contributed by atoms with Crippen LogP contribution in [0.4, 0.5) is 13.2 Å². The van der Waals surface area contributed by atoms with Crippen molar-refractivity contribution in [3.8, 4) is 5.69 Å². The van der Waals surface area contributed by atoms with Crippen LogP contribution in [-0.2, 0) is 10.9 Å². The summed E-state index contributed by atoms with van der Waals surface area (Å²) in [6, 6.07) is 5.38. The van der Waals surface area contributed by atoms with Crippen molar-refractivity contribution in [2.45, 2.75) is 6.18 Å². The van der Waals surface area contributed by atoms with Gasteiger partial charge in [-0.25, -0.2) is 9.59 Å². The van der Waals surface area contributed by atoms with E-state index in [1.165, 1.54) is 6.07 Å². The topological polar surface area (TPSA) is 68.5 Å². The second-order valence-electron chi connectivity index (χ2n) is 4.26. The number of benzene rings is 1. The lowest BCUT2D eigenvalue weighted by Gasteiger charge is -2.18. The molecule has 116 valence electrons. The number of carboxylic acids is 1. The summed E-state index contributed by atoms with van der Waals surface area (Å²) >= 11 is 0. The van der Waals surface area contributed by atoms with Crippen LogP contribution in [-0.4, -0.2) is 28.7 Å². The molecule has 0 aliphatic carbocycles. The predicted octanol–water partition coefficient (Wildman–Crippen LogP) is 2.98. The number of halogens is 3. The van der Waals surface area contributed by atoms with Crippen LogP contribution in [0.25, 0.3) is 5.69 Å². The normalized spacial score (nSPS) is 11.3. The van der Waals surface area contributed by atoms with Gasteiger partial charge < -0.3 is 14.4 Å². The van der Waals surface area contributed by atoms with Crippen LogP contribution in [0.5, 0.6) is 0 Å². The monoisotopic (exact) mass is 313 g/mol. The quantitative estimate of drug-likeness (QED) is 0.885. The molecule has 1 aromatic heterocycles. The minimum absolute atomic E-state index is 0.379. The van der Waals surface area contributed by atoms with Crippen molar-refractivity contribution >= 4 is 11.9 Å². The number of carbonyl (C=O) groups excluding carboxylic acids is 1. The maximum atomic E-state index is 13.2. The fourth-order valence-electron chi connectivity index (χ4n) is 2.06. The van der Waals surface area contributed by atoms with Crippen molar-refractivity contribution in [3.05, 3.63) is 53.3 Å². The summed E-state index contributed by atoms with van der Waals surface area (Å²) in [7, 11) is 1.03. The zero-order valence-electron chi connectivity index (χ0n) is 11.2. The number of carboxylic acid groups (broad SMARTS) is 1. The number of hydrogen-bond acceptors (Lipinski definition) is 3. The maximum Gasteiger partial charge on any atom is 0.418 e. The van der Waals surface area contributed by atoms with E-state index in [2.05, 4.69) is 4.74 Å². The van der Waals surface area contributed by atoms with E-state index in [4.69, 9.17) is 5.11 Å². The summed E-state index contributed by atoms with van der Waals surface area (Å²) in [5.74, 6) is -2.41. The molecule has 0 fully saturated rings. The fraction of sp³-hybridized carbons (Fsp3) is 0.143. The molecular weight excluding hydrogens is 303 g/mol. The Hall–Kier alpha value is -2.77. The van der Waals surface area contributed by atoms with E-state index >= 15 is 0 Å². The number of nitrogens with zero attached hydrogens (tertiary/aromatic N) is 1. The molecule has 1 aromatic carbocycles. The molecule has 0 aliphatic heterocycles. The molecule has 2 rings (SSSR count). The molecule has 0 aliphatic rings. The Labute approximate surface area is 122 Å². The van der Waals surface area contributed by atoms with Gasteiger partial charge in [0.1, 0.15) is 5.69 Å². The van der Waals surface area contributed by atoms with Gasteiger partial charge in [0.15, 0.2) is 0 Å². The Morgan fingerprint density at radius 3 is 2.41 bits per heavy atom. The standard InChI is InChI=1S/C14H10F3NO4/c1-22-13(21)8-4-2-5-9(14(15,16)17)11(8)18-7-3-6-10(18)12(19)20/h2-7H,1H3,(H,19,20). The number of methoxy groups -OCH3 is 1. The highest BCUT2D eigenvalue weighted by atomic mass is 19.4. The molecule has 22 heavy (non-hydrogen) atoms. The second kappa shape index (κ2) is 5.55. The smallest absolute Gasteiger partial charge is 0.418 e. The van der Waals surface area contributed by atoms with Gasteiger partial charge >= 0.3 is 18.1 Å². The molecule has 0 saturated heterocycles. The molecule has 0 unspecified atom stereocenters. The van der Waals surface area contributed by atoms with Gasteiger partial charge in [0.2, 0.25) is 0 Å². The molecule has 0 bridgehead atoms. The first-order valence-corrected chi connectivity index (χ1v) is 5.97. The number of hydrogen-bond donors (Lipinski definition) is 1. The third-order valence-corrected chi connectivity index (χ3v) is 2.96. The van der Waals surface area contributed by atoms with Gasteiger partial charge in [-0.15, -0.1) is 0 Å². The van der Waals surface area contributed by atoms with Gasteiger partial charge in [-0.2, -0.15) is 13.2 Å². The summed E-state index contributed by atoms with van der Waals surface area (Å²) < 4.78 is 44.9. The van der Waals surface area contributed by atoms with Crippen LogP contribution in [0.1, 0.15) is 26.4 Å². The summed E-state index contributed by atoms with van der Waals surface area (Å²) in [5, 5.41) is 9.08. The van der Waals surface area contributed by atoms with E-state index in [1.54, 1.807) is 0 Å². The maximum absolute atomic E-state index is 13.2. The van der Waals surface area contributed by atoms with E-state index in [-0.39, 0.29) is 5.56 Å². The number of para-hydroxylation sites is 1. The van der Waals surface area contributed by atoms with Crippen molar-refractivity contribution in [2.24, 2.45) is 0 Å². The van der Waals surface area contributed by atoms with E-state index in [0.717, 1.165) is 42.1 Å². The highest BCUT2D eigenvalue weighted by Gasteiger charge is 2.36. The molecular formula is C14H10F3NO4. The highest BCUT2D eigenvalue weighted by Crippen LogP contribution is 2.36. The summed E-state index contributed by atoms with van der Waals surface area (Å²) in [6.45, 7) is 0. The minimum atomic E-state index is -4.76.